The van der Waals surface area contributed by atoms with E-state index in [1.165, 1.54) is 6.07 Å². The van der Waals surface area contributed by atoms with Crippen LogP contribution in [0.4, 0.5) is 4.39 Å². The number of halogens is 1. The molecule has 1 aliphatic carbocycles. The third-order valence-electron chi connectivity index (χ3n) is 4.32. The van der Waals surface area contributed by atoms with E-state index in [2.05, 4.69) is 20.3 Å². The van der Waals surface area contributed by atoms with Gasteiger partial charge in [-0.25, -0.2) is 17.5 Å². The Kier molecular flexibility index (Phi) is 7.85. The summed E-state index contributed by atoms with van der Waals surface area (Å²) < 4.78 is 45.0. The molecule has 7 nitrogen and oxygen atoms in total. The lowest BCUT2D eigenvalue weighted by Gasteiger charge is -2.19. The third-order valence-corrected chi connectivity index (χ3v) is 5.73. The zero-order chi connectivity index (χ0) is 19.9. The fourth-order valence-corrected chi connectivity index (χ4v) is 2.99. The van der Waals surface area contributed by atoms with Crippen LogP contribution in [-0.2, 0) is 10.0 Å². The molecule has 3 N–H and O–H groups in total. The molecule has 0 aliphatic heterocycles. The van der Waals surface area contributed by atoms with Crippen molar-refractivity contribution in [2.75, 3.05) is 32.5 Å². The molecule has 0 spiro atoms. The normalized spacial score (nSPS) is 16.1. The van der Waals surface area contributed by atoms with Gasteiger partial charge in [0.25, 0.3) is 0 Å². The molecular weight excluding hydrogens is 371 g/mol. The number of hydrogen-bond acceptors (Lipinski definition) is 4. The van der Waals surface area contributed by atoms with E-state index in [0.29, 0.717) is 25.0 Å². The van der Waals surface area contributed by atoms with E-state index in [1.54, 1.807) is 20.0 Å². The van der Waals surface area contributed by atoms with Gasteiger partial charge in [0.2, 0.25) is 10.0 Å². The van der Waals surface area contributed by atoms with Crippen LogP contribution >= 0.6 is 0 Å². The molecule has 1 fully saturated rings. The monoisotopic (exact) mass is 400 g/mol. The predicted molar refractivity (Wildman–Crippen MR) is 105 cm³/mol. The quantitative estimate of drug-likeness (QED) is 0.316. The van der Waals surface area contributed by atoms with Crippen LogP contribution in [0.25, 0.3) is 0 Å². The molecule has 0 amide bonds. The highest BCUT2D eigenvalue weighted by Crippen LogP contribution is 2.30. The molecule has 152 valence electrons. The summed E-state index contributed by atoms with van der Waals surface area (Å²) in [4.78, 5) is 4.10. The first-order valence-corrected chi connectivity index (χ1v) is 10.9. The Morgan fingerprint density at radius 1 is 1.37 bits per heavy atom. The topological polar surface area (TPSA) is 91.8 Å². The number of benzene rings is 1. The van der Waals surface area contributed by atoms with Crippen LogP contribution in [0.5, 0.6) is 5.75 Å². The Balaban J connectivity index is 1.82. The van der Waals surface area contributed by atoms with Crippen molar-refractivity contribution in [3.8, 4) is 5.75 Å². The van der Waals surface area contributed by atoms with E-state index in [4.69, 9.17) is 4.74 Å². The first kappa shape index (κ1) is 21.4. The van der Waals surface area contributed by atoms with Gasteiger partial charge in [-0.2, -0.15) is 0 Å². The average Bonchev–Trinajstić information content (AvgIpc) is 3.47. The molecule has 9 heteroatoms. The van der Waals surface area contributed by atoms with Crippen molar-refractivity contribution < 1.29 is 17.5 Å². The number of aliphatic imine (C=N–C) groups is 1. The Morgan fingerprint density at radius 2 is 2.11 bits per heavy atom. The Labute approximate surface area is 160 Å². The van der Waals surface area contributed by atoms with E-state index in [-0.39, 0.29) is 29.9 Å². The van der Waals surface area contributed by atoms with Crippen LogP contribution in [0, 0.1) is 11.7 Å². The Morgan fingerprint density at radius 3 is 2.70 bits per heavy atom. The highest BCUT2D eigenvalue weighted by atomic mass is 32.2. The van der Waals surface area contributed by atoms with Crippen molar-refractivity contribution in [3.63, 3.8) is 0 Å². The van der Waals surface area contributed by atoms with Gasteiger partial charge in [-0.05, 0) is 50.3 Å². The molecule has 1 unspecified atom stereocenters. The van der Waals surface area contributed by atoms with Crippen molar-refractivity contribution in [3.05, 3.63) is 29.6 Å². The van der Waals surface area contributed by atoms with Gasteiger partial charge >= 0.3 is 0 Å². The maximum Gasteiger partial charge on any atom is 0.211 e. The van der Waals surface area contributed by atoms with Crippen molar-refractivity contribution in [1.29, 1.82) is 0 Å². The molecule has 0 bridgehead atoms. The summed E-state index contributed by atoms with van der Waals surface area (Å²) in [5.74, 6) is 1.03. The lowest BCUT2D eigenvalue weighted by Crippen LogP contribution is -2.42. The first-order chi connectivity index (χ1) is 12.8. The smallest absolute Gasteiger partial charge is 0.211 e. The van der Waals surface area contributed by atoms with Gasteiger partial charge in [-0.1, -0.05) is 6.07 Å². The zero-order valence-electron chi connectivity index (χ0n) is 16.1. The van der Waals surface area contributed by atoms with Crippen LogP contribution in [0.15, 0.2) is 23.2 Å². The van der Waals surface area contributed by atoms with Crippen molar-refractivity contribution in [2.45, 2.75) is 32.7 Å². The van der Waals surface area contributed by atoms with Gasteiger partial charge in [0.05, 0.1) is 18.4 Å². The Bertz CT molecular complexity index is 751. The maximum atomic E-state index is 14.2. The average molecular weight is 401 g/mol. The first-order valence-electron chi connectivity index (χ1n) is 9.21. The summed E-state index contributed by atoms with van der Waals surface area (Å²) in [6, 6.07) is 4.75. The lowest BCUT2D eigenvalue weighted by molar-refractivity contribution is 0.285. The molecule has 1 saturated carbocycles. The summed E-state index contributed by atoms with van der Waals surface area (Å²) >= 11 is 0. The third kappa shape index (κ3) is 7.34. The second-order valence-electron chi connectivity index (χ2n) is 6.61. The number of ether oxygens (including phenoxy) is 1. The zero-order valence-corrected chi connectivity index (χ0v) is 16.9. The highest BCUT2D eigenvalue weighted by molar-refractivity contribution is 7.89. The second kappa shape index (κ2) is 9.89. The molecule has 0 heterocycles. The molecule has 27 heavy (non-hydrogen) atoms. The fourth-order valence-electron chi connectivity index (χ4n) is 2.37. The van der Waals surface area contributed by atoms with Gasteiger partial charge < -0.3 is 15.4 Å². The predicted octanol–water partition coefficient (Wildman–Crippen LogP) is 1.78. The number of rotatable bonds is 10. The molecule has 1 aliphatic rings. The highest BCUT2D eigenvalue weighted by Gasteiger charge is 2.22. The summed E-state index contributed by atoms with van der Waals surface area (Å²) in [6.45, 7) is 4.69. The summed E-state index contributed by atoms with van der Waals surface area (Å²) in [6.07, 6.45) is 2.32. The summed E-state index contributed by atoms with van der Waals surface area (Å²) in [7, 11) is -1.59. The summed E-state index contributed by atoms with van der Waals surface area (Å²) in [5.41, 5.74) is 0.765. The standard InChI is InChI=1S/C18H29FN4O3S/c1-4-27(24,25)22-10-9-21-18(20-3)23-13(2)15-7-8-17(16(19)11-15)26-12-14-5-6-14/h7-8,11,13-14,22H,4-6,9-10,12H2,1-3H3,(H2,20,21,23). The lowest BCUT2D eigenvalue weighted by atomic mass is 10.1. The van der Waals surface area contributed by atoms with Crippen LogP contribution in [0.2, 0.25) is 0 Å². The molecular formula is C18H29FN4O3S. The molecule has 0 saturated heterocycles. The van der Waals surface area contributed by atoms with Gasteiger partial charge in [-0.15, -0.1) is 0 Å². The maximum absolute atomic E-state index is 14.2. The van der Waals surface area contributed by atoms with Gasteiger partial charge in [0, 0.05) is 20.1 Å². The minimum atomic E-state index is -3.21. The van der Waals surface area contributed by atoms with Gasteiger partial charge in [0.1, 0.15) is 0 Å². The van der Waals surface area contributed by atoms with Crippen LogP contribution in [0.1, 0.15) is 38.3 Å². The molecule has 1 aromatic carbocycles. The number of nitrogens with zero attached hydrogens (tertiary/aromatic N) is 1. The molecule has 0 aromatic heterocycles. The number of guanidine groups is 1. The van der Waals surface area contributed by atoms with Gasteiger partial charge in [0.15, 0.2) is 17.5 Å². The molecule has 0 radical (unpaired) electrons. The second-order valence-corrected chi connectivity index (χ2v) is 8.70. The van der Waals surface area contributed by atoms with Crippen molar-refractivity contribution in [1.82, 2.24) is 15.4 Å². The minimum absolute atomic E-state index is 0.0446. The fraction of sp³-hybridized carbons (Fsp3) is 0.611. The van der Waals surface area contributed by atoms with Crippen molar-refractivity contribution in [2.24, 2.45) is 10.9 Å². The number of sulfonamides is 1. The van der Waals surface area contributed by atoms with Crippen molar-refractivity contribution >= 4 is 16.0 Å². The van der Waals surface area contributed by atoms with Crippen LogP contribution < -0.4 is 20.1 Å². The minimum Gasteiger partial charge on any atom is -0.490 e. The van der Waals surface area contributed by atoms with E-state index in [9.17, 15) is 12.8 Å². The SMILES string of the molecule is CCS(=O)(=O)NCCNC(=NC)NC(C)c1ccc(OCC2CC2)c(F)c1. The number of hydrogen-bond donors (Lipinski definition) is 3. The number of nitrogens with one attached hydrogen (secondary N) is 3. The van der Waals surface area contributed by atoms with E-state index in [1.807, 2.05) is 13.0 Å². The molecule has 1 aromatic rings. The van der Waals surface area contributed by atoms with Crippen LogP contribution in [-0.4, -0.2) is 46.9 Å². The largest absolute Gasteiger partial charge is 0.490 e. The molecule has 1 atom stereocenters. The summed E-state index contributed by atoms with van der Waals surface area (Å²) in [5, 5.41) is 6.18. The van der Waals surface area contributed by atoms with Crippen LogP contribution in [0.3, 0.4) is 0 Å². The van der Waals surface area contributed by atoms with E-state index >= 15 is 0 Å². The van der Waals surface area contributed by atoms with E-state index < -0.39 is 10.0 Å². The molecule has 2 rings (SSSR count). The van der Waals surface area contributed by atoms with Gasteiger partial charge in [-0.3, -0.25) is 4.99 Å². The Hall–Kier alpha value is -1.87. The van der Waals surface area contributed by atoms with E-state index in [0.717, 1.165) is 18.4 Å².